The van der Waals surface area contributed by atoms with Crippen LogP contribution in [0.1, 0.15) is 24.2 Å². The normalized spacial score (nSPS) is 12.5. The molecule has 1 atom stereocenters. The van der Waals surface area contributed by atoms with Gasteiger partial charge in [0.1, 0.15) is 11.4 Å². The molecule has 0 saturated heterocycles. The van der Waals surface area contributed by atoms with Crippen molar-refractivity contribution in [2.45, 2.75) is 19.1 Å². The fourth-order valence-corrected chi connectivity index (χ4v) is 3.40. The second kappa shape index (κ2) is 8.85. The molecule has 0 bridgehead atoms. The van der Waals surface area contributed by atoms with Crippen LogP contribution in [0.2, 0.25) is 0 Å². The molecule has 3 aromatic carbocycles. The van der Waals surface area contributed by atoms with Crippen LogP contribution in [0.15, 0.2) is 72.8 Å². The lowest BCUT2D eigenvalue weighted by molar-refractivity contribution is -0.141. The number of fused-ring (bicyclic) bond motifs is 1. The van der Waals surface area contributed by atoms with Crippen LogP contribution >= 0.6 is 0 Å². The SMILES string of the molecule is C[C@@H](NC(=O)COc1cc(C(F)(F)F)nn1-c1ccccc1O)c1ccc2ccccc2c1. The summed E-state index contributed by atoms with van der Waals surface area (Å²) in [5, 5.41) is 18.4. The van der Waals surface area contributed by atoms with Gasteiger partial charge in [-0.25, -0.2) is 0 Å². The van der Waals surface area contributed by atoms with E-state index in [0.29, 0.717) is 6.07 Å². The number of para-hydroxylation sites is 2. The predicted molar refractivity (Wildman–Crippen MR) is 116 cm³/mol. The van der Waals surface area contributed by atoms with Gasteiger partial charge in [-0.05, 0) is 41.5 Å². The number of alkyl halides is 3. The molecule has 0 spiro atoms. The van der Waals surface area contributed by atoms with Crippen LogP contribution < -0.4 is 10.1 Å². The second-order valence-corrected chi connectivity index (χ2v) is 7.45. The van der Waals surface area contributed by atoms with Crippen LogP contribution in [0.4, 0.5) is 13.2 Å². The number of nitrogens with one attached hydrogen (secondary N) is 1. The minimum Gasteiger partial charge on any atom is -0.506 e. The van der Waals surface area contributed by atoms with Crippen molar-refractivity contribution in [2.24, 2.45) is 0 Å². The van der Waals surface area contributed by atoms with Crippen molar-refractivity contribution < 1.29 is 27.8 Å². The molecule has 170 valence electrons. The van der Waals surface area contributed by atoms with Gasteiger partial charge in [0.25, 0.3) is 5.91 Å². The summed E-state index contributed by atoms with van der Waals surface area (Å²) in [7, 11) is 0. The first-order valence-electron chi connectivity index (χ1n) is 10.1. The fourth-order valence-electron chi connectivity index (χ4n) is 3.40. The van der Waals surface area contributed by atoms with Gasteiger partial charge in [0, 0.05) is 6.07 Å². The Hall–Kier alpha value is -4.01. The van der Waals surface area contributed by atoms with E-state index in [1.807, 2.05) is 42.5 Å². The summed E-state index contributed by atoms with van der Waals surface area (Å²) in [4.78, 5) is 12.4. The Morgan fingerprint density at radius 1 is 1.06 bits per heavy atom. The zero-order valence-corrected chi connectivity index (χ0v) is 17.5. The van der Waals surface area contributed by atoms with E-state index in [-0.39, 0.29) is 23.4 Å². The van der Waals surface area contributed by atoms with Gasteiger partial charge in [-0.15, -0.1) is 0 Å². The molecule has 0 unspecified atom stereocenters. The van der Waals surface area contributed by atoms with Crippen molar-refractivity contribution in [1.29, 1.82) is 0 Å². The molecule has 1 heterocycles. The number of phenolic OH excluding ortho intramolecular Hbond substituents is 1. The summed E-state index contributed by atoms with van der Waals surface area (Å²) in [5.74, 6) is -1.12. The first-order chi connectivity index (χ1) is 15.7. The number of aromatic nitrogens is 2. The highest BCUT2D eigenvalue weighted by molar-refractivity contribution is 5.83. The predicted octanol–water partition coefficient (Wildman–Crippen LogP) is 5.01. The van der Waals surface area contributed by atoms with E-state index in [1.54, 1.807) is 6.92 Å². The van der Waals surface area contributed by atoms with Gasteiger partial charge in [0.2, 0.25) is 5.88 Å². The summed E-state index contributed by atoms with van der Waals surface area (Å²) in [5.41, 5.74) is -0.334. The molecule has 0 fully saturated rings. The van der Waals surface area contributed by atoms with Crippen molar-refractivity contribution >= 4 is 16.7 Å². The highest BCUT2D eigenvalue weighted by Gasteiger charge is 2.36. The molecule has 0 aliphatic heterocycles. The van der Waals surface area contributed by atoms with Crippen molar-refractivity contribution in [3.8, 4) is 17.3 Å². The number of hydrogen-bond donors (Lipinski definition) is 2. The lowest BCUT2D eigenvalue weighted by Gasteiger charge is -2.16. The molecule has 9 heteroatoms. The zero-order chi connectivity index (χ0) is 23.6. The van der Waals surface area contributed by atoms with Gasteiger partial charge in [0.05, 0.1) is 6.04 Å². The molecule has 1 amide bonds. The maximum atomic E-state index is 13.2. The van der Waals surface area contributed by atoms with Gasteiger partial charge in [0.15, 0.2) is 12.3 Å². The van der Waals surface area contributed by atoms with Gasteiger partial charge in [-0.1, -0.05) is 48.5 Å². The van der Waals surface area contributed by atoms with Crippen LogP contribution in [-0.4, -0.2) is 27.4 Å². The highest BCUT2D eigenvalue weighted by atomic mass is 19.4. The van der Waals surface area contributed by atoms with E-state index < -0.39 is 24.4 Å². The second-order valence-electron chi connectivity index (χ2n) is 7.45. The van der Waals surface area contributed by atoms with Crippen LogP contribution in [-0.2, 0) is 11.0 Å². The number of halogens is 3. The van der Waals surface area contributed by atoms with Crippen LogP contribution in [0.5, 0.6) is 11.6 Å². The molecular formula is C24H20F3N3O3. The number of aromatic hydroxyl groups is 1. The minimum absolute atomic E-state index is 0.00654. The molecule has 0 radical (unpaired) electrons. The number of carbonyl (C=O) groups is 1. The third-order valence-electron chi connectivity index (χ3n) is 5.08. The lowest BCUT2D eigenvalue weighted by atomic mass is 10.0. The zero-order valence-electron chi connectivity index (χ0n) is 17.5. The molecule has 4 rings (SSSR count). The summed E-state index contributed by atoms with van der Waals surface area (Å²) in [6.45, 7) is 1.27. The first-order valence-corrected chi connectivity index (χ1v) is 10.1. The third kappa shape index (κ3) is 4.92. The van der Waals surface area contributed by atoms with E-state index in [0.717, 1.165) is 21.0 Å². The standard InChI is InChI=1S/C24H20F3N3O3/c1-15(17-11-10-16-6-2-3-7-18(16)12-17)28-22(32)14-33-23-13-21(24(25,26)27)29-30(23)19-8-4-5-9-20(19)31/h2-13,15,31H,14H2,1H3,(H,28,32)/t15-/m1/s1. The number of phenols is 1. The Bertz CT molecular complexity index is 1300. The lowest BCUT2D eigenvalue weighted by Crippen LogP contribution is -2.31. The van der Waals surface area contributed by atoms with Crippen LogP contribution in [0.3, 0.4) is 0 Å². The van der Waals surface area contributed by atoms with Crippen LogP contribution in [0, 0.1) is 0 Å². The van der Waals surface area contributed by atoms with E-state index in [4.69, 9.17) is 4.74 Å². The van der Waals surface area contributed by atoms with Gasteiger partial charge in [-0.2, -0.15) is 23.0 Å². The van der Waals surface area contributed by atoms with Crippen LogP contribution in [0.25, 0.3) is 16.5 Å². The van der Waals surface area contributed by atoms with E-state index in [2.05, 4.69) is 10.4 Å². The van der Waals surface area contributed by atoms with Crippen molar-refractivity contribution in [3.63, 3.8) is 0 Å². The Balaban J connectivity index is 1.49. The van der Waals surface area contributed by atoms with Gasteiger partial charge < -0.3 is 15.2 Å². The molecule has 0 aliphatic carbocycles. The molecule has 0 saturated carbocycles. The Morgan fingerprint density at radius 3 is 2.48 bits per heavy atom. The summed E-state index contributed by atoms with van der Waals surface area (Å²) < 4.78 is 45.8. The molecule has 6 nitrogen and oxygen atoms in total. The van der Waals surface area contributed by atoms with E-state index in [1.165, 1.54) is 24.3 Å². The monoisotopic (exact) mass is 455 g/mol. The Morgan fingerprint density at radius 2 is 1.76 bits per heavy atom. The van der Waals surface area contributed by atoms with Gasteiger partial charge in [-0.3, -0.25) is 4.79 Å². The molecule has 1 aromatic heterocycles. The highest BCUT2D eigenvalue weighted by Crippen LogP contribution is 2.34. The summed E-state index contributed by atoms with van der Waals surface area (Å²) in [6.07, 6.45) is -4.72. The van der Waals surface area contributed by atoms with Crippen molar-refractivity contribution in [1.82, 2.24) is 15.1 Å². The number of rotatable bonds is 6. The molecular weight excluding hydrogens is 435 g/mol. The first kappa shape index (κ1) is 22.2. The number of hydrogen-bond acceptors (Lipinski definition) is 4. The third-order valence-corrected chi connectivity index (χ3v) is 5.08. The number of amides is 1. The van der Waals surface area contributed by atoms with Crippen molar-refractivity contribution in [3.05, 3.63) is 84.1 Å². The maximum absolute atomic E-state index is 13.2. The number of ether oxygens (including phenoxy) is 1. The van der Waals surface area contributed by atoms with E-state index in [9.17, 15) is 23.1 Å². The average molecular weight is 455 g/mol. The summed E-state index contributed by atoms with van der Waals surface area (Å²) in [6, 6.07) is 19.7. The summed E-state index contributed by atoms with van der Waals surface area (Å²) >= 11 is 0. The number of benzene rings is 3. The smallest absolute Gasteiger partial charge is 0.435 e. The molecule has 4 aromatic rings. The number of carbonyl (C=O) groups excluding carboxylic acids is 1. The number of nitrogens with zero attached hydrogens (tertiary/aromatic N) is 2. The quantitative estimate of drug-likeness (QED) is 0.429. The maximum Gasteiger partial charge on any atom is 0.435 e. The molecule has 2 N–H and O–H groups in total. The van der Waals surface area contributed by atoms with Crippen molar-refractivity contribution in [2.75, 3.05) is 6.61 Å². The van der Waals surface area contributed by atoms with E-state index >= 15 is 0 Å². The molecule has 33 heavy (non-hydrogen) atoms. The molecule has 0 aliphatic rings. The Kier molecular flexibility index (Phi) is 5.95. The average Bonchev–Trinajstić information content (AvgIpc) is 3.22. The Labute approximate surface area is 187 Å². The topological polar surface area (TPSA) is 76.4 Å². The fraction of sp³-hybridized carbons (Fsp3) is 0.167. The largest absolute Gasteiger partial charge is 0.506 e. The minimum atomic E-state index is -4.72. The van der Waals surface area contributed by atoms with Gasteiger partial charge >= 0.3 is 6.18 Å².